The highest BCUT2D eigenvalue weighted by Gasteiger charge is 2.32. The number of fused-ring (bicyclic) bond motifs is 2. The number of benzene rings is 1. The first-order chi connectivity index (χ1) is 23.2. The van der Waals surface area contributed by atoms with Crippen molar-refractivity contribution < 1.29 is 19.4 Å². The summed E-state index contributed by atoms with van der Waals surface area (Å²) in [6.45, 7) is 5.50. The largest absolute Gasteiger partial charge is 0.491 e. The predicted octanol–water partition coefficient (Wildman–Crippen LogP) is 4.98. The van der Waals surface area contributed by atoms with Crippen molar-refractivity contribution in [3.63, 3.8) is 0 Å². The van der Waals surface area contributed by atoms with Crippen molar-refractivity contribution in [2.75, 3.05) is 44.9 Å². The van der Waals surface area contributed by atoms with Crippen molar-refractivity contribution in [2.24, 2.45) is 0 Å². The summed E-state index contributed by atoms with van der Waals surface area (Å²) in [5, 5.41) is 22.2. The zero-order valence-corrected chi connectivity index (χ0v) is 27.9. The molecule has 4 aromatic heterocycles. The molecule has 14 heteroatoms. The lowest BCUT2D eigenvalue weighted by Gasteiger charge is -2.43. The van der Waals surface area contributed by atoms with Gasteiger partial charge in [-0.3, -0.25) is 19.2 Å². The molecule has 0 unspecified atom stereocenters. The zero-order valence-electron chi connectivity index (χ0n) is 26.3. The third-order valence-electron chi connectivity index (χ3n) is 9.29. The van der Waals surface area contributed by atoms with Crippen LogP contribution in [-0.2, 0) is 11.3 Å². The Morgan fingerprint density at radius 3 is 2.73 bits per heavy atom. The van der Waals surface area contributed by atoms with Gasteiger partial charge in [0.15, 0.2) is 0 Å². The summed E-state index contributed by atoms with van der Waals surface area (Å²) in [5.41, 5.74) is 2.19. The molecule has 7 rings (SSSR count). The monoisotopic (exact) mass is 685 g/mol. The van der Waals surface area contributed by atoms with Gasteiger partial charge >= 0.3 is 5.97 Å². The standard InChI is InChI=1S/C34H32ClN7O5S/c1-19-39-27-15-38-32(40(2)21-6-9-41(10-7-21)22-16-46-17-22)25(14-36)29(27)33(43)42(19)11-12-47-28-4-3-20(35)13-24(28)23-5-8-37-30-26(34(44)45)18-48-31(23)30/h3-5,8,13,15,18,21-22H,6-7,9-12,16-17H2,1-2H3,(H,44,45). The van der Waals surface area contributed by atoms with E-state index >= 15 is 0 Å². The van der Waals surface area contributed by atoms with Crippen LogP contribution in [0, 0.1) is 18.3 Å². The molecule has 0 bridgehead atoms. The maximum Gasteiger partial charge on any atom is 0.338 e. The smallest absolute Gasteiger partial charge is 0.338 e. The minimum absolute atomic E-state index is 0.117. The lowest BCUT2D eigenvalue weighted by Crippen LogP contribution is -2.54. The summed E-state index contributed by atoms with van der Waals surface area (Å²) in [6, 6.07) is 9.95. The molecule has 0 saturated carbocycles. The van der Waals surface area contributed by atoms with Crippen LogP contribution in [0.2, 0.25) is 5.02 Å². The van der Waals surface area contributed by atoms with E-state index in [1.807, 2.05) is 11.9 Å². The number of anilines is 1. The Morgan fingerprint density at radius 1 is 1.23 bits per heavy atom. The third-order valence-corrected chi connectivity index (χ3v) is 10.5. The number of ether oxygens (including phenoxy) is 2. The van der Waals surface area contributed by atoms with Crippen LogP contribution in [0.1, 0.15) is 34.6 Å². The molecule has 5 aromatic rings. The number of pyridine rings is 2. The number of aromatic nitrogens is 4. The van der Waals surface area contributed by atoms with Gasteiger partial charge in [-0.05, 0) is 44.0 Å². The fourth-order valence-corrected chi connectivity index (χ4v) is 7.77. The Labute approximate surface area is 284 Å². The molecule has 1 N–H and O–H groups in total. The summed E-state index contributed by atoms with van der Waals surface area (Å²) in [6.07, 6.45) is 4.99. The van der Waals surface area contributed by atoms with E-state index in [2.05, 4.69) is 25.9 Å². The molecule has 0 aliphatic carbocycles. The van der Waals surface area contributed by atoms with Gasteiger partial charge in [0, 0.05) is 53.9 Å². The minimum Gasteiger partial charge on any atom is -0.491 e. The van der Waals surface area contributed by atoms with Gasteiger partial charge in [-0.2, -0.15) is 5.26 Å². The van der Waals surface area contributed by atoms with Gasteiger partial charge in [-0.25, -0.2) is 14.8 Å². The average molecular weight is 686 g/mol. The van der Waals surface area contributed by atoms with Crippen LogP contribution in [0.4, 0.5) is 5.82 Å². The molecule has 246 valence electrons. The first kappa shape index (κ1) is 32.0. The summed E-state index contributed by atoms with van der Waals surface area (Å²) in [5.74, 6) is 0.420. The first-order valence-electron chi connectivity index (χ1n) is 15.6. The number of carboxylic acids is 1. The van der Waals surface area contributed by atoms with Crippen molar-refractivity contribution in [3.8, 4) is 22.9 Å². The Morgan fingerprint density at radius 2 is 2.02 bits per heavy atom. The summed E-state index contributed by atoms with van der Waals surface area (Å²) < 4.78 is 13.8. The average Bonchev–Trinajstić information content (AvgIpc) is 3.50. The molecule has 12 nitrogen and oxygen atoms in total. The van der Waals surface area contributed by atoms with Crippen LogP contribution in [-0.4, -0.2) is 87.5 Å². The number of nitrogens with zero attached hydrogens (tertiary/aromatic N) is 7. The number of aromatic carboxylic acids is 1. The number of carboxylic acid groups (broad SMARTS) is 1. The summed E-state index contributed by atoms with van der Waals surface area (Å²) >= 11 is 7.67. The van der Waals surface area contributed by atoms with E-state index in [9.17, 15) is 20.0 Å². The Kier molecular flexibility index (Phi) is 8.74. The van der Waals surface area contributed by atoms with Crippen LogP contribution < -0.4 is 15.2 Å². The van der Waals surface area contributed by atoms with E-state index in [1.54, 1.807) is 49.0 Å². The van der Waals surface area contributed by atoms with Crippen molar-refractivity contribution >= 4 is 55.8 Å². The van der Waals surface area contributed by atoms with Gasteiger partial charge in [0.1, 0.15) is 35.6 Å². The normalized spacial score (nSPS) is 15.8. The lowest BCUT2D eigenvalue weighted by molar-refractivity contribution is -0.0711. The van der Waals surface area contributed by atoms with E-state index in [1.165, 1.54) is 15.9 Å². The van der Waals surface area contributed by atoms with Crippen molar-refractivity contribution in [2.45, 2.75) is 38.4 Å². The zero-order chi connectivity index (χ0) is 33.5. The van der Waals surface area contributed by atoms with Crippen molar-refractivity contribution in [1.29, 1.82) is 5.26 Å². The second-order valence-electron chi connectivity index (χ2n) is 12.0. The number of halogens is 1. The summed E-state index contributed by atoms with van der Waals surface area (Å²) in [7, 11) is 1.94. The molecule has 0 radical (unpaired) electrons. The van der Waals surface area contributed by atoms with Crippen molar-refractivity contribution in [1.82, 2.24) is 24.4 Å². The van der Waals surface area contributed by atoms with Gasteiger partial charge in [-0.15, -0.1) is 11.3 Å². The van der Waals surface area contributed by atoms with Crippen molar-refractivity contribution in [3.05, 3.63) is 74.4 Å². The molecule has 48 heavy (non-hydrogen) atoms. The third kappa shape index (κ3) is 5.75. The van der Waals surface area contributed by atoms with E-state index in [0.29, 0.717) is 49.8 Å². The van der Waals surface area contributed by atoms with Gasteiger partial charge in [0.05, 0.1) is 58.7 Å². The fourth-order valence-electron chi connectivity index (χ4n) is 6.57. The van der Waals surface area contributed by atoms with Crippen LogP contribution in [0.5, 0.6) is 5.75 Å². The number of thiophene rings is 1. The molecular formula is C34H32ClN7O5S. The molecule has 2 fully saturated rings. The number of aryl methyl sites for hydroxylation is 1. The van der Waals surface area contributed by atoms with E-state index < -0.39 is 5.97 Å². The van der Waals surface area contributed by atoms with Gasteiger partial charge in [-0.1, -0.05) is 11.6 Å². The second-order valence-corrected chi connectivity index (χ2v) is 13.3. The number of nitriles is 1. The molecule has 0 amide bonds. The van der Waals surface area contributed by atoms with Crippen LogP contribution in [0.25, 0.3) is 32.2 Å². The maximum atomic E-state index is 14.0. The predicted molar refractivity (Wildman–Crippen MR) is 183 cm³/mol. The van der Waals surface area contributed by atoms with E-state index in [-0.39, 0.29) is 41.3 Å². The Bertz CT molecular complexity index is 2150. The van der Waals surface area contributed by atoms with Crippen LogP contribution in [0.3, 0.4) is 0 Å². The number of carbonyl (C=O) groups is 1. The molecule has 0 spiro atoms. The van der Waals surface area contributed by atoms with Gasteiger partial charge < -0.3 is 19.5 Å². The Hall–Kier alpha value is -4.61. The van der Waals surface area contributed by atoms with Crippen LogP contribution in [0.15, 0.2) is 46.8 Å². The maximum absolute atomic E-state index is 14.0. The van der Waals surface area contributed by atoms with E-state index in [0.717, 1.165) is 44.7 Å². The van der Waals surface area contributed by atoms with Crippen LogP contribution >= 0.6 is 22.9 Å². The highest BCUT2D eigenvalue weighted by molar-refractivity contribution is 7.18. The molecule has 6 heterocycles. The SMILES string of the molecule is Cc1nc2cnc(N(C)C3CCN(C4COC4)CC3)c(C#N)c2c(=O)n1CCOc1ccc(Cl)cc1-c1ccnc2c(C(=O)O)csc12. The number of piperidine rings is 1. The fraction of sp³-hybridized carbons (Fsp3) is 0.353. The highest BCUT2D eigenvalue weighted by atomic mass is 35.5. The molecule has 2 aliphatic rings. The second kappa shape index (κ2) is 13.1. The summed E-state index contributed by atoms with van der Waals surface area (Å²) in [4.78, 5) is 43.8. The molecule has 1 aromatic carbocycles. The highest BCUT2D eigenvalue weighted by Crippen LogP contribution is 2.39. The number of likely N-dealkylation sites (tertiary alicyclic amines) is 1. The Balaban J connectivity index is 1.15. The topological polar surface area (TPSA) is 147 Å². The first-order valence-corrected chi connectivity index (χ1v) is 16.9. The number of hydrogen-bond acceptors (Lipinski definition) is 11. The molecule has 0 atom stereocenters. The lowest BCUT2D eigenvalue weighted by atomic mass is 10.0. The number of rotatable bonds is 9. The molecule has 2 aliphatic heterocycles. The number of hydrogen-bond donors (Lipinski definition) is 1. The van der Waals surface area contributed by atoms with E-state index in [4.69, 9.17) is 21.1 Å². The quantitative estimate of drug-likeness (QED) is 0.224. The van der Waals surface area contributed by atoms with Gasteiger partial charge in [0.25, 0.3) is 5.56 Å². The van der Waals surface area contributed by atoms with Gasteiger partial charge in [0.2, 0.25) is 0 Å². The molecular weight excluding hydrogens is 654 g/mol. The molecule has 2 saturated heterocycles. The minimum atomic E-state index is -1.05.